The minimum Gasteiger partial charge on any atom is -0.464 e. The number of carbonyl (C=O) groups is 1. The van der Waals surface area contributed by atoms with Crippen molar-refractivity contribution < 1.29 is 34.3 Å². The van der Waals surface area contributed by atoms with Gasteiger partial charge in [0.15, 0.2) is 0 Å². The van der Waals surface area contributed by atoms with E-state index in [2.05, 4.69) is 19.1 Å². The first kappa shape index (κ1) is 31.4. The zero-order valence-corrected chi connectivity index (χ0v) is 23.6. The molecule has 7 unspecified atom stereocenters. The molecule has 2 heterocycles. The van der Waals surface area contributed by atoms with E-state index in [-0.39, 0.29) is 42.2 Å². The Labute approximate surface area is 223 Å². The van der Waals surface area contributed by atoms with Gasteiger partial charge < -0.3 is 19.3 Å². The van der Waals surface area contributed by atoms with Crippen LogP contribution in [0.1, 0.15) is 67.7 Å². The molecule has 2 N–H and O–H groups in total. The fraction of sp³-hybridized carbons (Fsp3) is 0.700. The molecule has 2 fully saturated rings. The smallest absolute Gasteiger partial charge is 0.293 e. The van der Waals surface area contributed by atoms with E-state index >= 15 is 0 Å². The van der Waals surface area contributed by atoms with Crippen molar-refractivity contribution in [3.8, 4) is 0 Å². The van der Waals surface area contributed by atoms with E-state index < -0.39 is 6.10 Å². The molecule has 9 atom stereocenters. The lowest BCUT2D eigenvalue weighted by molar-refractivity contribution is -0.289. The average Bonchev–Trinajstić information content (AvgIpc) is 2.88. The lowest BCUT2D eigenvalue weighted by atomic mass is 9.68. The zero-order chi connectivity index (χ0) is 27.5. The second kappa shape index (κ2) is 15.6. The summed E-state index contributed by atoms with van der Waals surface area (Å²) in [6.07, 6.45) is 11.3. The van der Waals surface area contributed by atoms with Gasteiger partial charge in [0.2, 0.25) is 0 Å². The summed E-state index contributed by atoms with van der Waals surface area (Å²) in [6.45, 7) is 15.7. The molecule has 0 aromatic rings. The maximum atomic E-state index is 10.8. The molecule has 1 aliphatic carbocycles. The second-order valence-electron chi connectivity index (χ2n) is 10.5. The maximum absolute atomic E-state index is 10.8. The van der Waals surface area contributed by atoms with Crippen molar-refractivity contribution in [2.75, 3.05) is 13.2 Å². The van der Waals surface area contributed by atoms with Gasteiger partial charge in [0.1, 0.15) is 12.2 Å². The van der Waals surface area contributed by atoms with E-state index in [0.29, 0.717) is 44.9 Å². The van der Waals surface area contributed by atoms with E-state index in [1.165, 1.54) is 5.57 Å². The summed E-state index contributed by atoms with van der Waals surface area (Å²) in [5.74, 6) is 0.605. The fourth-order valence-electron chi connectivity index (χ4n) is 5.92. The minimum atomic E-state index is -0.602. The molecule has 2 saturated heterocycles. The fourth-order valence-corrected chi connectivity index (χ4v) is 5.92. The van der Waals surface area contributed by atoms with Crippen LogP contribution in [0.4, 0.5) is 0 Å². The van der Waals surface area contributed by atoms with Crippen LogP contribution < -0.4 is 0 Å². The molecule has 0 aromatic heterocycles. The molecule has 7 heteroatoms. The Morgan fingerprint density at radius 1 is 1.27 bits per heavy atom. The van der Waals surface area contributed by atoms with Crippen LogP contribution in [0.15, 0.2) is 47.1 Å². The van der Waals surface area contributed by atoms with Gasteiger partial charge in [0.05, 0.1) is 31.5 Å². The number of hydrogen-bond acceptors (Lipinski definition) is 7. The van der Waals surface area contributed by atoms with Crippen molar-refractivity contribution in [2.45, 2.75) is 98.2 Å². The summed E-state index contributed by atoms with van der Waals surface area (Å²) in [6, 6.07) is 0. The second-order valence-corrected chi connectivity index (χ2v) is 10.5. The van der Waals surface area contributed by atoms with E-state index in [1.54, 1.807) is 0 Å². The number of hydrogen-bond donors (Lipinski definition) is 2. The number of ether oxygens (including phenoxy) is 3. The van der Waals surface area contributed by atoms with Crippen LogP contribution in [0.3, 0.4) is 0 Å². The van der Waals surface area contributed by atoms with E-state index in [9.17, 15) is 15.2 Å². The van der Waals surface area contributed by atoms with Crippen molar-refractivity contribution in [3.63, 3.8) is 0 Å². The number of aliphatic hydroxyl groups excluding tert-OH is 1. The highest BCUT2D eigenvalue weighted by atomic mass is 17.1. The predicted octanol–water partition coefficient (Wildman–Crippen LogP) is 5.65. The highest BCUT2D eigenvalue weighted by Crippen LogP contribution is 2.42. The number of rotatable bonds is 9. The Balaban J connectivity index is 0.00000235. The Hall–Kier alpha value is -1.77. The molecule has 7 nitrogen and oxygen atoms in total. The molecule has 0 spiro atoms. The average molecular weight is 521 g/mol. The molecule has 37 heavy (non-hydrogen) atoms. The molecule has 2 aliphatic heterocycles. The van der Waals surface area contributed by atoms with Gasteiger partial charge in [0.25, 0.3) is 6.47 Å². The lowest BCUT2D eigenvalue weighted by Crippen LogP contribution is -2.44. The van der Waals surface area contributed by atoms with Gasteiger partial charge in [-0.05, 0) is 55.7 Å². The Bertz CT molecular complexity index is 830. The van der Waals surface area contributed by atoms with Crippen LogP contribution in [0, 0.1) is 23.7 Å². The van der Waals surface area contributed by atoms with Crippen LogP contribution in [0.2, 0.25) is 0 Å². The molecular formula is C30H48O7. The number of allylic oxidation sites excluding steroid dienone is 3. The summed E-state index contributed by atoms with van der Waals surface area (Å²) in [4.78, 5) is 15.5. The van der Waals surface area contributed by atoms with Gasteiger partial charge in [-0.15, -0.1) is 0 Å². The molecular weight excluding hydrogens is 472 g/mol. The third kappa shape index (κ3) is 8.62. The predicted molar refractivity (Wildman–Crippen MR) is 145 cm³/mol. The first-order valence-corrected chi connectivity index (χ1v) is 13.8. The van der Waals surface area contributed by atoms with Crippen LogP contribution in [0.25, 0.3) is 0 Å². The van der Waals surface area contributed by atoms with Crippen molar-refractivity contribution >= 4 is 6.47 Å². The van der Waals surface area contributed by atoms with E-state index in [1.807, 2.05) is 59.8 Å². The zero-order valence-electron chi connectivity index (χ0n) is 23.6. The largest absolute Gasteiger partial charge is 0.464 e. The molecule has 0 bridgehead atoms. The first-order valence-electron chi connectivity index (χ1n) is 13.8. The highest BCUT2D eigenvalue weighted by molar-refractivity contribution is 5.37. The Morgan fingerprint density at radius 3 is 2.68 bits per heavy atom. The van der Waals surface area contributed by atoms with Gasteiger partial charge in [-0.1, -0.05) is 58.1 Å². The monoisotopic (exact) mass is 520 g/mol. The Morgan fingerprint density at radius 2 is 2.00 bits per heavy atom. The molecule has 210 valence electrons. The van der Waals surface area contributed by atoms with E-state index in [0.717, 1.165) is 11.1 Å². The molecule has 0 aromatic carbocycles. The summed E-state index contributed by atoms with van der Waals surface area (Å²) >= 11 is 0. The summed E-state index contributed by atoms with van der Waals surface area (Å²) in [7, 11) is 0. The summed E-state index contributed by atoms with van der Waals surface area (Å²) in [5, 5.41) is 20.3. The molecule has 0 radical (unpaired) electrons. The normalized spacial score (nSPS) is 35.2. The van der Waals surface area contributed by atoms with Crippen molar-refractivity contribution in [2.24, 2.45) is 23.7 Å². The summed E-state index contributed by atoms with van der Waals surface area (Å²) in [5.41, 5.74) is 3.12. The molecule has 3 aliphatic rings. The van der Waals surface area contributed by atoms with Gasteiger partial charge in [0, 0.05) is 24.7 Å². The van der Waals surface area contributed by atoms with Gasteiger partial charge in [-0.3, -0.25) is 10.1 Å². The highest BCUT2D eigenvalue weighted by Gasteiger charge is 2.42. The van der Waals surface area contributed by atoms with Crippen LogP contribution in [-0.4, -0.2) is 60.6 Å². The minimum absolute atomic E-state index is 0.0254. The quantitative estimate of drug-likeness (QED) is 0.175. The van der Waals surface area contributed by atoms with Gasteiger partial charge >= 0.3 is 0 Å². The standard InChI is InChI=1S/C28H42O7.C2H6/c1-17(27(30)18(2)9-10-23-13-24(33-16-29)12-21(5)34-23)7-6-8-22-14-32-15-25-26(22)19(3)11-20(4)28(25)35-31;1-2/h6-9,11,16-17,19,21,23-28,30-31H,10,12-15H2,1-5H3;1-2H3/b7-6+,18-9+,22-8+;/t17-,19?,21?,23?,24?,25?,26?,27-,28?;/m0./s1. The topological polar surface area (TPSA) is 94.5 Å². The molecule has 0 amide bonds. The molecule has 3 rings (SSSR count). The number of carbonyl (C=O) groups excluding carboxylic acids is 1. The number of aliphatic hydroxyl groups is 1. The van der Waals surface area contributed by atoms with Crippen molar-refractivity contribution in [1.82, 2.24) is 0 Å². The maximum Gasteiger partial charge on any atom is 0.293 e. The van der Waals surface area contributed by atoms with Crippen molar-refractivity contribution in [3.05, 3.63) is 47.1 Å². The van der Waals surface area contributed by atoms with Gasteiger partial charge in [-0.2, -0.15) is 0 Å². The lowest BCUT2D eigenvalue weighted by Gasteiger charge is -2.43. The van der Waals surface area contributed by atoms with Gasteiger partial charge in [-0.25, -0.2) is 4.89 Å². The SMILES string of the molecule is CC.CC1=CC(C)C2/C(=C/C=C/[C@H](C)[C@H](O)/C(C)=C/CC3CC(OC=O)CC(C)O3)COCC2C1OO. The van der Waals surface area contributed by atoms with Crippen LogP contribution >= 0.6 is 0 Å². The summed E-state index contributed by atoms with van der Waals surface area (Å²) < 4.78 is 17.0. The van der Waals surface area contributed by atoms with Crippen molar-refractivity contribution in [1.29, 1.82) is 0 Å². The third-order valence-corrected chi connectivity index (χ3v) is 7.70. The van der Waals surface area contributed by atoms with E-state index in [4.69, 9.17) is 19.1 Å². The molecule has 0 saturated carbocycles. The third-order valence-electron chi connectivity index (χ3n) is 7.70. The van der Waals surface area contributed by atoms with Crippen LogP contribution in [-0.2, 0) is 23.9 Å². The number of fused-ring (bicyclic) bond motifs is 1. The first-order chi connectivity index (χ1) is 17.7. The van der Waals surface area contributed by atoms with Crippen LogP contribution in [0.5, 0.6) is 0 Å². The Kier molecular flexibility index (Phi) is 13.3.